The molecule has 2 aliphatic rings. The summed E-state index contributed by atoms with van der Waals surface area (Å²) in [7, 11) is -8.65. The summed E-state index contributed by atoms with van der Waals surface area (Å²) in [6.07, 6.45) is 4.79. The molecule has 0 aliphatic carbocycles. The maximum Gasteiger partial charge on any atom is 0.193 e. The minimum absolute atomic E-state index is 0.110. The van der Waals surface area contributed by atoms with Crippen molar-refractivity contribution in [2.45, 2.75) is 44.8 Å². The van der Waals surface area contributed by atoms with Crippen molar-refractivity contribution in [2.75, 3.05) is 37.2 Å². The molecular weight excluding hydrogens is 951 g/mol. The third-order valence-electron chi connectivity index (χ3n) is 11.4. The van der Waals surface area contributed by atoms with Crippen molar-refractivity contribution in [1.29, 1.82) is 0 Å². The second-order valence-corrected chi connectivity index (χ2v) is 24.3. The van der Waals surface area contributed by atoms with Crippen LogP contribution in [0.25, 0.3) is 33.0 Å². The van der Waals surface area contributed by atoms with Crippen molar-refractivity contribution >= 4 is 47.4 Å². The van der Waals surface area contributed by atoms with Crippen molar-refractivity contribution in [3.63, 3.8) is 0 Å². The van der Waals surface area contributed by atoms with Crippen molar-refractivity contribution in [2.24, 2.45) is 0 Å². The van der Waals surface area contributed by atoms with E-state index in [0.29, 0.717) is 41.0 Å². The number of Topliss-reactive ketones (excluding diaryl/α,β-unsaturated/α-hetero) is 1. The lowest BCUT2D eigenvalue weighted by atomic mass is 9.91. The number of carbonyl (C=O) groups excluding carboxylic acids is 3. The quantitative estimate of drug-likeness (QED) is 0.0904. The molecule has 2 fully saturated rings. The zero-order valence-corrected chi connectivity index (χ0v) is 41.3. The fourth-order valence-corrected chi connectivity index (χ4v) is 10.2. The summed E-state index contributed by atoms with van der Waals surface area (Å²) in [4.78, 5) is 38.0. The second kappa shape index (κ2) is 22.9. The van der Waals surface area contributed by atoms with Gasteiger partial charge in [-0.2, -0.15) is 0 Å². The van der Waals surface area contributed by atoms with E-state index in [1.54, 1.807) is 36.4 Å². The van der Waals surface area contributed by atoms with Crippen molar-refractivity contribution in [3.05, 3.63) is 203 Å². The SMILES string of the molecule is CC(=O)c1cc(-c2ccc(C(=O)c3ccc(F)cc3)cc2)ccc1-c1ccc(C(=O)c2ccc(F)cc2)cc1.CS(=O)(O)(O)CC1CCCO1.CS(=O)(O)(O)CC1CCCO1.c1ccc2ccccc2c1. The number of ether oxygens (including phenoxy) is 2. The molecule has 0 spiro atoms. The number of benzene rings is 7. The van der Waals surface area contributed by atoms with E-state index >= 15 is 0 Å². The van der Waals surface area contributed by atoms with E-state index in [2.05, 4.69) is 48.5 Å². The van der Waals surface area contributed by atoms with Crippen LogP contribution in [0.1, 0.15) is 74.8 Å². The average molecular weight is 1010 g/mol. The first kappa shape index (κ1) is 54.1. The van der Waals surface area contributed by atoms with Crippen LogP contribution in [-0.2, 0) is 28.7 Å². The molecular formula is C56H58F2O11S2. The van der Waals surface area contributed by atoms with Crippen LogP contribution in [-0.4, -0.2) is 93.4 Å². The molecule has 2 atom stereocenters. The molecule has 0 saturated carbocycles. The molecule has 0 bridgehead atoms. The molecule has 11 nitrogen and oxygen atoms in total. The molecule has 0 radical (unpaired) electrons. The zero-order chi connectivity index (χ0) is 51.4. The topological polar surface area (TPSA) is 185 Å². The van der Waals surface area contributed by atoms with Gasteiger partial charge in [-0.05, 0) is 120 Å². The van der Waals surface area contributed by atoms with Gasteiger partial charge in [-0.25, -0.2) is 17.2 Å². The van der Waals surface area contributed by atoms with Gasteiger partial charge in [0.15, 0.2) is 17.3 Å². The van der Waals surface area contributed by atoms with Gasteiger partial charge in [0.1, 0.15) is 11.6 Å². The Morgan fingerprint density at radius 3 is 1.17 bits per heavy atom. The Kier molecular flexibility index (Phi) is 17.4. The largest absolute Gasteiger partial charge is 0.377 e. The molecule has 0 aromatic heterocycles. The van der Waals surface area contributed by atoms with Crippen LogP contribution in [0.5, 0.6) is 0 Å². The monoisotopic (exact) mass is 1010 g/mol. The van der Waals surface area contributed by atoms with Gasteiger partial charge in [0.05, 0.1) is 43.0 Å². The van der Waals surface area contributed by atoms with Crippen LogP contribution in [0.3, 0.4) is 0 Å². The second-order valence-electron chi connectivity index (χ2n) is 17.9. The number of halogens is 2. The van der Waals surface area contributed by atoms with Crippen LogP contribution in [0.2, 0.25) is 0 Å². The molecule has 0 amide bonds. The van der Waals surface area contributed by atoms with Crippen LogP contribution in [0.15, 0.2) is 164 Å². The van der Waals surface area contributed by atoms with E-state index in [4.69, 9.17) is 27.7 Å². The predicted octanol–water partition coefficient (Wildman–Crippen LogP) is 11.9. The fourth-order valence-electron chi connectivity index (χ4n) is 7.96. The first-order chi connectivity index (χ1) is 33.4. The lowest BCUT2D eigenvalue weighted by Gasteiger charge is -2.27. The predicted molar refractivity (Wildman–Crippen MR) is 277 cm³/mol. The van der Waals surface area contributed by atoms with Gasteiger partial charge >= 0.3 is 0 Å². The molecule has 4 N–H and O–H groups in total. The standard InChI is InChI=1S/C34H22F2O3.C10H8.2C6H14O4S/c1-21(37)32-20-28(22-2-6-24(7-3-22)33(38)26-10-15-29(35)16-11-26)14-19-31(32)23-4-8-25(9-5-23)34(39)27-12-17-30(36)18-13-27;1-2-6-10-8-4-3-7-9(10)5-1;2*1-11(7,8,9)5-6-3-2-4-10-6/h2-20H,1H3;1-8H;2*6H,2-5H2,1H3,(H2,7,8,9). The minimum Gasteiger partial charge on any atom is -0.377 e. The lowest BCUT2D eigenvalue weighted by molar-refractivity contribution is 0.101. The maximum absolute atomic E-state index is 13.2. The van der Waals surface area contributed by atoms with E-state index in [9.17, 15) is 31.6 Å². The highest BCUT2D eigenvalue weighted by atomic mass is 32.3. The molecule has 2 unspecified atom stereocenters. The van der Waals surface area contributed by atoms with E-state index in [-0.39, 0.29) is 41.1 Å². The van der Waals surface area contributed by atoms with Gasteiger partial charge in [0.25, 0.3) is 0 Å². The zero-order valence-electron chi connectivity index (χ0n) is 39.6. The van der Waals surface area contributed by atoms with Crippen molar-refractivity contribution in [3.8, 4) is 22.3 Å². The summed E-state index contributed by atoms with van der Waals surface area (Å²) < 4.78 is 94.4. The van der Waals surface area contributed by atoms with Crippen LogP contribution < -0.4 is 0 Å². The number of fused-ring (bicyclic) bond motifs is 1. The molecule has 2 saturated heterocycles. The summed E-state index contributed by atoms with van der Waals surface area (Å²) in [5, 5.41) is 2.62. The maximum atomic E-state index is 13.2. The first-order valence-corrected chi connectivity index (χ1v) is 27.7. The molecule has 71 heavy (non-hydrogen) atoms. The van der Waals surface area contributed by atoms with Gasteiger partial charge in [0.2, 0.25) is 0 Å². The van der Waals surface area contributed by atoms with Gasteiger partial charge in [-0.3, -0.25) is 14.4 Å². The molecule has 2 heterocycles. The van der Waals surface area contributed by atoms with Gasteiger partial charge < -0.3 is 27.7 Å². The van der Waals surface area contributed by atoms with Crippen molar-refractivity contribution in [1.82, 2.24) is 0 Å². The Labute approximate surface area is 412 Å². The number of hydrogen-bond acceptors (Lipinski definition) is 7. The summed E-state index contributed by atoms with van der Waals surface area (Å²) in [5.41, 5.74) is 5.41. The molecule has 9 rings (SSSR count). The van der Waals surface area contributed by atoms with Crippen LogP contribution in [0.4, 0.5) is 8.78 Å². The summed E-state index contributed by atoms with van der Waals surface area (Å²) >= 11 is 0. The van der Waals surface area contributed by atoms with E-state index in [1.165, 1.54) is 66.2 Å². The molecule has 15 heteroatoms. The molecule has 7 aromatic rings. The van der Waals surface area contributed by atoms with E-state index in [0.717, 1.165) is 60.4 Å². The number of ketones is 3. The fraction of sp³-hybridized carbons (Fsp3) is 0.232. The smallest absolute Gasteiger partial charge is 0.193 e. The Morgan fingerprint density at radius 1 is 0.507 bits per heavy atom. The number of rotatable bonds is 11. The third kappa shape index (κ3) is 17.2. The number of hydrogen-bond donors (Lipinski definition) is 4. The third-order valence-corrected chi connectivity index (χ3v) is 13.7. The summed E-state index contributed by atoms with van der Waals surface area (Å²) in [5.74, 6) is -1.65. The highest BCUT2D eigenvalue weighted by molar-refractivity contribution is 8.09. The Morgan fingerprint density at radius 2 is 0.845 bits per heavy atom. The van der Waals surface area contributed by atoms with Crippen molar-refractivity contribution < 1.29 is 59.3 Å². The molecule has 7 aromatic carbocycles. The number of carbonyl (C=O) groups is 3. The van der Waals surface area contributed by atoms with E-state index in [1.807, 2.05) is 30.3 Å². The normalized spacial score (nSPS) is 16.5. The summed E-state index contributed by atoms with van der Waals surface area (Å²) in [6.45, 7) is 2.76. The highest BCUT2D eigenvalue weighted by Gasteiger charge is 2.31. The van der Waals surface area contributed by atoms with Gasteiger partial charge in [-0.1, -0.05) is 109 Å². The Hall–Kier alpha value is -6.27. The van der Waals surface area contributed by atoms with Crippen LogP contribution in [0, 0.1) is 11.6 Å². The Balaban J connectivity index is 0.000000205. The lowest BCUT2D eigenvalue weighted by Crippen LogP contribution is -2.39. The average Bonchev–Trinajstić information content (AvgIpc) is 4.05. The first-order valence-electron chi connectivity index (χ1n) is 22.8. The highest BCUT2D eigenvalue weighted by Crippen LogP contribution is 2.31. The Bertz CT molecular complexity index is 2960. The van der Waals surface area contributed by atoms with E-state index < -0.39 is 30.9 Å². The summed E-state index contributed by atoms with van der Waals surface area (Å²) in [6, 6.07) is 47.1. The van der Waals surface area contributed by atoms with Crippen LogP contribution >= 0.6 is 0 Å². The minimum atomic E-state index is -4.32. The molecule has 2 aliphatic heterocycles. The van der Waals surface area contributed by atoms with Gasteiger partial charge in [-0.15, -0.1) is 0 Å². The molecule has 374 valence electrons. The van der Waals surface area contributed by atoms with Gasteiger partial charge in [0, 0.05) is 53.5 Å².